The van der Waals surface area contributed by atoms with Crippen LogP contribution in [0.15, 0.2) is 72.4 Å². The van der Waals surface area contributed by atoms with Gasteiger partial charge in [-0.1, -0.05) is 12.1 Å². The maximum Gasteiger partial charge on any atom is 0.248 e. The highest BCUT2D eigenvalue weighted by molar-refractivity contribution is 7.16. The number of hydrogen-bond donors (Lipinski definition) is 2. The van der Waals surface area contributed by atoms with Gasteiger partial charge in [0.1, 0.15) is 6.29 Å². The number of aldehydes is 1. The summed E-state index contributed by atoms with van der Waals surface area (Å²) >= 11 is 1.61. The van der Waals surface area contributed by atoms with E-state index in [0.717, 1.165) is 43.6 Å². The van der Waals surface area contributed by atoms with Crippen molar-refractivity contribution in [1.29, 1.82) is 0 Å². The Hall–Kier alpha value is -4.10. The van der Waals surface area contributed by atoms with E-state index in [1.807, 2.05) is 48.0 Å². The van der Waals surface area contributed by atoms with E-state index >= 15 is 0 Å². The van der Waals surface area contributed by atoms with Crippen LogP contribution in [0.25, 0.3) is 32.2 Å². The first-order valence-corrected chi connectivity index (χ1v) is 10.4. The van der Waals surface area contributed by atoms with Gasteiger partial charge in [-0.25, -0.2) is 4.98 Å². The van der Waals surface area contributed by atoms with Crippen molar-refractivity contribution in [2.24, 2.45) is 5.73 Å². The molecule has 2 heterocycles. The number of fused-ring (bicyclic) bond motifs is 2. The number of benzene rings is 3. The predicted molar refractivity (Wildman–Crippen MR) is 124 cm³/mol. The van der Waals surface area contributed by atoms with E-state index in [2.05, 4.69) is 15.3 Å². The van der Waals surface area contributed by atoms with Crippen molar-refractivity contribution in [3.8, 4) is 11.1 Å². The largest absolute Gasteiger partial charge is 0.366 e. The van der Waals surface area contributed by atoms with Crippen LogP contribution in [-0.2, 0) is 0 Å². The van der Waals surface area contributed by atoms with Gasteiger partial charge in [-0.15, -0.1) is 11.3 Å². The van der Waals surface area contributed by atoms with Crippen LogP contribution in [-0.4, -0.2) is 22.2 Å². The van der Waals surface area contributed by atoms with E-state index in [1.54, 1.807) is 29.7 Å². The number of primary amides is 1. The van der Waals surface area contributed by atoms with E-state index in [4.69, 9.17) is 5.73 Å². The number of nitrogens with zero attached hydrogens (tertiary/aromatic N) is 2. The summed E-state index contributed by atoms with van der Waals surface area (Å²) in [5, 5.41) is 4.40. The summed E-state index contributed by atoms with van der Waals surface area (Å²) in [5.74, 6) is -0.576. The minimum Gasteiger partial charge on any atom is -0.366 e. The van der Waals surface area contributed by atoms with E-state index in [1.165, 1.54) is 6.07 Å². The first-order chi connectivity index (χ1) is 15.1. The van der Waals surface area contributed by atoms with Crippen LogP contribution >= 0.6 is 11.3 Å². The molecule has 0 saturated carbocycles. The van der Waals surface area contributed by atoms with Gasteiger partial charge in [-0.3, -0.25) is 14.6 Å². The Kier molecular flexibility index (Phi) is 4.65. The lowest BCUT2D eigenvalue weighted by atomic mass is 9.98. The van der Waals surface area contributed by atoms with Gasteiger partial charge in [0.2, 0.25) is 5.91 Å². The molecule has 1 amide bonds. The minimum atomic E-state index is -0.576. The minimum absolute atomic E-state index is 0.292. The van der Waals surface area contributed by atoms with Crippen molar-refractivity contribution >= 4 is 56.0 Å². The molecule has 3 aromatic carbocycles. The van der Waals surface area contributed by atoms with Crippen molar-refractivity contribution in [3.05, 3.63) is 83.5 Å². The summed E-state index contributed by atoms with van der Waals surface area (Å²) in [6, 6.07) is 18.7. The van der Waals surface area contributed by atoms with Gasteiger partial charge in [0.05, 0.1) is 21.2 Å². The molecule has 0 atom stereocenters. The van der Waals surface area contributed by atoms with Crippen molar-refractivity contribution < 1.29 is 9.59 Å². The molecule has 31 heavy (non-hydrogen) atoms. The van der Waals surface area contributed by atoms with Gasteiger partial charge >= 0.3 is 0 Å². The number of carbonyl (C=O) groups is 2. The highest BCUT2D eigenvalue weighted by Gasteiger charge is 2.10. The molecule has 5 rings (SSSR count). The third kappa shape index (κ3) is 3.62. The van der Waals surface area contributed by atoms with Crippen LogP contribution in [0.1, 0.15) is 20.7 Å². The van der Waals surface area contributed by atoms with E-state index in [0.29, 0.717) is 17.4 Å². The molecule has 2 aromatic heterocycles. The molecule has 5 aromatic rings. The number of nitrogens with two attached hydrogens (primary N) is 1. The number of amides is 1. The molecule has 0 aliphatic heterocycles. The Morgan fingerprint density at radius 3 is 2.68 bits per heavy atom. The molecule has 0 radical (unpaired) electrons. The Morgan fingerprint density at radius 1 is 0.935 bits per heavy atom. The summed E-state index contributed by atoms with van der Waals surface area (Å²) in [7, 11) is 0. The summed E-state index contributed by atoms with van der Waals surface area (Å²) in [4.78, 5) is 31.8. The number of hydrogen-bond acceptors (Lipinski definition) is 6. The average Bonchev–Trinajstić information content (AvgIpc) is 3.26. The lowest BCUT2D eigenvalue weighted by Gasteiger charge is -2.11. The Balaban J connectivity index is 1.55. The summed E-state index contributed by atoms with van der Waals surface area (Å²) in [6.07, 6.45) is 2.45. The summed E-state index contributed by atoms with van der Waals surface area (Å²) < 4.78 is 1.14. The predicted octanol–water partition coefficient (Wildman–Crippen LogP) is 5.17. The van der Waals surface area contributed by atoms with Crippen LogP contribution in [0.5, 0.6) is 0 Å². The second-order valence-corrected chi connectivity index (χ2v) is 7.96. The second-order valence-electron chi connectivity index (χ2n) is 7.08. The summed E-state index contributed by atoms with van der Waals surface area (Å²) in [5.41, 5.74) is 13.1. The number of anilines is 2. The molecule has 0 bridgehead atoms. The van der Waals surface area contributed by atoms with E-state index in [-0.39, 0.29) is 0 Å². The van der Waals surface area contributed by atoms with Crippen molar-refractivity contribution in [3.63, 3.8) is 0 Å². The molecule has 0 aliphatic carbocycles. The van der Waals surface area contributed by atoms with Crippen molar-refractivity contribution in [2.75, 3.05) is 5.32 Å². The molecule has 150 valence electrons. The number of nitrogens with one attached hydrogen (secondary N) is 1. The first-order valence-electron chi connectivity index (χ1n) is 9.50. The third-order valence-electron chi connectivity index (χ3n) is 5.06. The number of carbonyl (C=O) groups excluding carboxylic acids is 2. The topological polar surface area (TPSA) is 98.0 Å². The quantitative estimate of drug-likeness (QED) is 0.380. The number of aromatic nitrogens is 2. The summed E-state index contributed by atoms with van der Waals surface area (Å²) in [6.45, 7) is 0. The molecule has 6 nitrogen and oxygen atoms in total. The lowest BCUT2D eigenvalue weighted by Crippen LogP contribution is -2.11. The van der Waals surface area contributed by atoms with E-state index in [9.17, 15) is 9.59 Å². The molecule has 0 unspecified atom stereocenters. The number of thiazole rings is 1. The Morgan fingerprint density at radius 2 is 1.84 bits per heavy atom. The molecule has 7 heteroatoms. The molecular formula is C24H16N4O2S. The normalized spacial score (nSPS) is 11.0. The second kappa shape index (κ2) is 7.62. The molecule has 0 saturated heterocycles. The van der Waals surface area contributed by atoms with Crippen LogP contribution in [0.4, 0.5) is 11.4 Å². The number of rotatable bonds is 5. The molecular weight excluding hydrogens is 408 g/mol. The molecule has 3 N–H and O–H groups in total. The van der Waals surface area contributed by atoms with Gasteiger partial charge in [0.15, 0.2) is 0 Å². The fourth-order valence-electron chi connectivity index (χ4n) is 3.56. The Bertz CT molecular complexity index is 1480. The smallest absolute Gasteiger partial charge is 0.248 e. The highest BCUT2D eigenvalue weighted by atomic mass is 32.1. The highest BCUT2D eigenvalue weighted by Crippen LogP contribution is 2.31. The van der Waals surface area contributed by atoms with Crippen molar-refractivity contribution in [1.82, 2.24) is 9.97 Å². The maximum absolute atomic E-state index is 11.6. The number of pyridine rings is 1. The zero-order chi connectivity index (χ0) is 21.4. The van der Waals surface area contributed by atoms with Crippen LogP contribution < -0.4 is 11.1 Å². The monoisotopic (exact) mass is 424 g/mol. The molecule has 0 aliphatic rings. The van der Waals surface area contributed by atoms with E-state index < -0.39 is 5.91 Å². The zero-order valence-electron chi connectivity index (χ0n) is 16.2. The molecule has 0 spiro atoms. The van der Waals surface area contributed by atoms with Gasteiger partial charge in [-0.05, 0) is 59.7 Å². The van der Waals surface area contributed by atoms with Crippen LogP contribution in [0.3, 0.4) is 0 Å². The molecule has 0 fully saturated rings. The third-order valence-corrected chi connectivity index (χ3v) is 5.87. The average molecular weight is 424 g/mol. The SMILES string of the molecule is NC(=O)c1cc(C=O)cc(-c2ccc3c(Nc4ccc5scnc5c4)ccnc3c2)c1. The van der Waals surface area contributed by atoms with Crippen molar-refractivity contribution in [2.45, 2.75) is 0 Å². The maximum atomic E-state index is 11.6. The lowest BCUT2D eigenvalue weighted by molar-refractivity contribution is 0.100. The van der Waals surface area contributed by atoms with Gasteiger partial charge < -0.3 is 11.1 Å². The first kappa shape index (κ1) is 18.9. The zero-order valence-corrected chi connectivity index (χ0v) is 17.0. The van der Waals surface area contributed by atoms with Gasteiger partial charge in [0, 0.05) is 34.1 Å². The van der Waals surface area contributed by atoms with Crippen LogP contribution in [0.2, 0.25) is 0 Å². The Labute approximate surface area is 181 Å². The standard InChI is InChI=1S/C24H16N4O2S/c25-24(30)17-8-14(12-29)7-16(9-17)15-1-3-19-20(5-6-26-21(19)10-15)28-18-2-4-23-22(11-18)27-13-31-23/h1-13H,(H2,25,30)(H,26,28). The van der Waals surface area contributed by atoms with Gasteiger partial charge in [0.25, 0.3) is 0 Å². The van der Waals surface area contributed by atoms with Crippen LogP contribution in [0, 0.1) is 0 Å². The fourth-order valence-corrected chi connectivity index (χ4v) is 4.22. The van der Waals surface area contributed by atoms with Gasteiger partial charge in [-0.2, -0.15) is 0 Å². The fraction of sp³-hybridized carbons (Fsp3) is 0.